The molecule has 1 aromatic rings. The highest BCUT2D eigenvalue weighted by molar-refractivity contribution is 7.79. The van der Waals surface area contributed by atoms with Gasteiger partial charge in [0.05, 0.1) is 4.90 Å². The summed E-state index contributed by atoms with van der Waals surface area (Å²) in [6, 6.07) is 2.94. The van der Waals surface area contributed by atoms with Gasteiger partial charge in [-0.15, -0.1) is 0 Å². The van der Waals surface area contributed by atoms with Crippen molar-refractivity contribution in [3.8, 4) is 5.75 Å². The second kappa shape index (κ2) is 3.25. The van der Waals surface area contributed by atoms with Gasteiger partial charge in [-0.3, -0.25) is 0 Å². The molecule has 1 rings (SSSR count). The van der Waals surface area contributed by atoms with Gasteiger partial charge in [0.25, 0.3) is 0 Å². The molecule has 12 heavy (non-hydrogen) atoms. The fourth-order valence-corrected chi connectivity index (χ4v) is 1.87. The number of phenolic OH excluding ortho intramolecular Hbond substituents is 1. The summed E-state index contributed by atoms with van der Waals surface area (Å²) in [4.78, 5) is 0.382. The maximum Gasteiger partial charge on any atom is 0.187 e. The van der Waals surface area contributed by atoms with Crippen LogP contribution in [-0.4, -0.2) is 13.9 Å². The summed E-state index contributed by atoms with van der Waals surface area (Å²) >= 11 is -1.97. The van der Waals surface area contributed by atoms with Gasteiger partial charge in [-0.25, -0.2) is 4.21 Å². The smallest absolute Gasteiger partial charge is 0.187 e. The van der Waals surface area contributed by atoms with Crippen molar-refractivity contribution in [3.63, 3.8) is 0 Å². The first kappa shape index (κ1) is 9.22. The Kier molecular flexibility index (Phi) is 2.49. The van der Waals surface area contributed by atoms with Crippen LogP contribution in [0.3, 0.4) is 0 Å². The fraction of sp³-hybridized carbons (Fsp3) is 0.250. The van der Waals surface area contributed by atoms with Crippen LogP contribution in [0, 0.1) is 13.8 Å². The molecule has 0 radical (unpaired) electrons. The lowest BCUT2D eigenvalue weighted by Gasteiger charge is -2.05. The van der Waals surface area contributed by atoms with Crippen LogP contribution in [-0.2, 0) is 11.1 Å². The van der Waals surface area contributed by atoms with E-state index in [2.05, 4.69) is 0 Å². The molecule has 0 saturated heterocycles. The van der Waals surface area contributed by atoms with E-state index in [-0.39, 0.29) is 5.75 Å². The summed E-state index contributed by atoms with van der Waals surface area (Å²) in [6.07, 6.45) is 0. The van der Waals surface area contributed by atoms with Crippen molar-refractivity contribution in [1.82, 2.24) is 0 Å². The second-order valence-electron chi connectivity index (χ2n) is 2.66. The molecule has 1 aromatic carbocycles. The number of benzene rings is 1. The zero-order valence-corrected chi connectivity index (χ0v) is 7.68. The van der Waals surface area contributed by atoms with Crippen molar-refractivity contribution in [1.29, 1.82) is 0 Å². The molecule has 1 atom stereocenters. The first-order chi connectivity index (χ1) is 5.52. The number of hydrogen-bond acceptors (Lipinski definition) is 2. The fourth-order valence-electron chi connectivity index (χ4n) is 1.20. The maximum atomic E-state index is 10.8. The largest absolute Gasteiger partial charge is 0.508 e. The van der Waals surface area contributed by atoms with Crippen LogP contribution in [0.4, 0.5) is 0 Å². The van der Waals surface area contributed by atoms with Gasteiger partial charge in [-0.1, -0.05) is 0 Å². The molecule has 0 aliphatic carbocycles. The van der Waals surface area contributed by atoms with Gasteiger partial charge in [0.15, 0.2) is 11.1 Å². The Labute approximate surface area is 73.3 Å². The van der Waals surface area contributed by atoms with Crippen molar-refractivity contribution < 1.29 is 13.9 Å². The van der Waals surface area contributed by atoms with Crippen LogP contribution in [0.2, 0.25) is 0 Å². The molecule has 4 heteroatoms. The molecule has 0 aromatic heterocycles. The average Bonchev–Trinajstić information content (AvgIpc) is 1.82. The summed E-state index contributed by atoms with van der Waals surface area (Å²) in [5, 5.41) is 9.12. The van der Waals surface area contributed by atoms with Gasteiger partial charge in [0, 0.05) is 0 Å². The molecular formula is C8H10O3S. The highest BCUT2D eigenvalue weighted by Crippen LogP contribution is 2.22. The van der Waals surface area contributed by atoms with E-state index in [1.807, 2.05) is 0 Å². The highest BCUT2D eigenvalue weighted by atomic mass is 32.2. The van der Waals surface area contributed by atoms with Crippen LogP contribution in [0.5, 0.6) is 5.75 Å². The normalized spacial score (nSPS) is 12.9. The minimum absolute atomic E-state index is 0.124. The lowest BCUT2D eigenvalue weighted by atomic mass is 10.1. The molecule has 0 spiro atoms. The maximum absolute atomic E-state index is 10.8. The molecular weight excluding hydrogens is 176 g/mol. The zero-order chi connectivity index (χ0) is 9.30. The number of rotatable bonds is 1. The van der Waals surface area contributed by atoms with E-state index in [0.29, 0.717) is 16.0 Å². The molecule has 0 fully saturated rings. The van der Waals surface area contributed by atoms with E-state index in [1.165, 1.54) is 12.1 Å². The van der Waals surface area contributed by atoms with Crippen molar-refractivity contribution in [3.05, 3.63) is 23.3 Å². The third-order valence-corrected chi connectivity index (χ3v) is 2.61. The molecule has 0 aliphatic rings. The number of aryl methyl sites for hydroxylation is 2. The Morgan fingerprint density at radius 3 is 2.00 bits per heavy atom. The van der Waals surface area contributed by atoms with Crippen molar-refractivity contribution >= 4 is 11.1 Å². The van der Waals surface area contributed by atoms with Crippen LogP contribution in [0.15, 0.2) is 17.0 Å². The van der Waals surface area contributed by atoms with Gasteiger partial charge in [0.2, 0.25) is 0 Å². The van der Waals surface area contributed by atoms with Crippen LogP contribution < -0.4 is 0 Å². The summed E-state index contributed by atoms with van der Waals surface area (Å²) in [5.74, 6) is 0.124. The molecule has 0 aliphatic heterocycles. The van der Waals surface area contributed by atoms with E-state index < -0.39 is 11.1 Å². The van der Waals surface area contributed by atoms with Crippen LogP contribution in [0.1, 0.15) is 11.1 Å². The quantitative estimate of drug-likeness (QED) is 0.655. The van der Waals surface area contributed by atoms with Crippen molar-refractivity contribution in [2.75, 3.05) is 0 Å². The Morgan fingerprint density at radius 2 is 1.67 bits per heavy atom. The first-order valence-corrected chi connectivity index (χ1v) is 4.54. The Bertz CT molecular complexity index is 310. The van der Waals surface area contributed by atoms with Gasteiger partial charge in [-0.05, 0) is 37.1 Å². The van der Waals surface area contributed by atoms with E-state index >= 15 is 0 Å². The van der Waals surface area contributed by atoms with Gasteiger partial charge in [0.1, 0.15) is 5.75 Å². The monoisotopic (exact) mass is 186 g/mol. The van der Waals surface area contributed by atoms with Gasteiger partial charge in [-0.2, -0.15) is 0 Å². The number of hydrogen-bond donors (Lipinski definition) is 2. The zero-order valence-electron chi connectivity index (χ0n) is 6.87. The minimum atomic E-state index is -1.97. The van der Waals surface area contributed by atoms with Gasteiger partial charge >= 0.3 is 0 Å². The molecule has 1 unspecified atom stereocenters. The molecule has 0 saturated carbocycles. The third kappa shape index (κ3) is 1.65. The standard InChI is InChI=1S/C8H10O3S/c1-5-3-7(9)4-6(2)8(5)12(10)11/h3-4,9H,1-2H3,(H,10,11). The van der Waals surface area contributed by atoms with Crippen molar-refractivity contribution in [2.45, 2.75) is 18.7 Å². The predicted octanol–water partition coefficient (Wildman–Crippen LogP) is 1.59. The average molecular weight is 186 g/mol. The first-order valence-electron chi connectivity index (χ1n) is 3.43. The second-order valence-corrected chi connectivity index (χ2v) is 3.56. The summed E-state index contributed by atoms with van der Waals surface area (Å²) in [5.41, 5.74) is 1.27. The Balaban J connectivity index is 3.38. The summed E-state index contributed by atoms with van der Waals surface area (Å²) < 4.78 is 19.7. The highest BCUT2D eigenvalue weighted by Gasteiger charge is 2.09. The molecule has 0 bridgehead atoms. The number of phenols is 1. The molecule has 0 heterocycles. The van der Waals surface area contributed by atoms with E-state index in [4.69, 9.17) is 9.66 Å². The molecule has 66 valence electrons. The molecule has 2 N–H and O–H groups in total. The van der Waals surface area contributed by atoms with Crippen LogP contribution in [0.25, 0.3) is 0 Å². The number of aromatic hydroxyl groups is 1. The van der Waals surface area contributed by atoms with Crippen molar-refractivity contribution in [2.24, 2.45) is 0 Å². The Morgan fingerprint density at radius 1 is 1.25 bits per heavy atom. The summed E-state index contributed by atoms with van der Waals surface area (Å²) in [7, 11) is 0. The minimum Gasteiger partial charge on any atom is -0.508 e. The topological polar surface area (TPSA) is 57.5 Å². The van der Waals surface area contributed by atoms with E-state index in [1.54, 1.807) is 13.8 Å². The molecule has 3 nitrogen and oxygen atoms in total. The van der Waals surface area contributed by atoms with E-state index in [0.717, 1.165) is 0 Å². The third-order valence-electron chi connectivity index (χ3n) is 1.62. The Hall–Kier alpha value is -0.870. The lowest BCUT2D eigenvalue weighted by molar-refractivity contribution is 0.473. The SMILES string of the molecule is Cc1cc(O)cc(C)c1S(=O)O. The predicted molar refractivity (Wildman–Crippen MR) is 46.6 cm³/mol. The van der Waals surface area contributed by atoms with Gasteiger partial charge < -0.3 is 9.66 Å². The lowest BCUT2D eigenvalue weighted by Crippen LogP contribution is -1.95. The molecule has 0 amide bonds. The van der Waals surface area contributed by atoms with Crippen LogP contribution >= 0.6 is 0 Å². The van der Waals surface area contributed by atoms with E-state index in [9.17, 15) is 4.21 Å². The summed E-state index contributed by atoms with van der Waals surface area (Å²) in [6.45, 7) is 3.38.